The maximum atomic E-state index is 13.0. The zero-order valence-electron chi connectivity index (χ0n) is 16.4. The molecular formula is C20H19BrClN3O4S. The number of aromatic nitrogens is 2. The molecule has 158 valence electrons. The van der Waals surface area contributed by atoms with E-state index < -0.39 is 9.84 Å². The van der Waals surface area contributed by atoms with Gasteiger partial charge in [-0.15, -0.1) is 0 Å². The Hall–Kier alpha value is -2.36. The molecule has 0 fully saturated rings. The minimum absolute atomic E-state index is 0.00617. The van der Waals surface area contributed by atoms with Crippen LogP contribution in [0, 0.1) is 13.8 Å². The van der Waals surface area contributed by atoms with Gasteiger partial charge >= 0.3 is 0 Å². The van der Waals surface area contributed by atoms with Gasteiger partial charge in [0, 0.05) is 16.8 Å². The fraction of sp³-hybridized carbons (Fsp3) is 0.200. The standard InChI is InChI=1S/C20H19BrClN3O4S/c1-12-20(21)13(2)25(24-12)11-19(26)23-15-8-16(29-3)10-18(9-15)30(27,28)17-6-4-14(22)5-7-17/h4-10H,11H2,1-3H3,(H,23,26). The summed E-state index contributed by atoms with van der Waals surface area (Å²) >= 11 is 9.28. The highest BCUT2D eigenvalue weighted by molar-refractivity contribution is 9.10. The summed E-state index contributed by atoms with van der Waals surface area (Å²) in [5.74, 6) is -0.0506. The summed E-state index contributed by atoms with van der Waals surface area (Å²) in [7, 11) is -2.40. The normalized spacial score (nSPS) is 11.4. The number of carbonyl (C=O) groups is 1. The quantitative estimate of drug-likeness (QED) is 0.529. The van der Waals surface area contributed by atoms with E-state index in [0.29, 0.717) is 16.5 Å². The van der Waals surface area contributed by atoms with Crippen LogP contribution in [-0.2, 0) is 21.2 Å². The van der Waals surface area contributed by atoms with E-state index in [1.165, 1.54) is 43.5 Å². The summed E-state index contributed by atoms with van der Waals surface area (Å²) in [5.41, 5.74) is 1.89. The van der Waals surface area contributed by atoms with Gasteiger partial charge < -0.3 is 10.1 Å². The molecule has 0 unspecified atom stereocenters. The Balaban J connectivity index is 1.89. The molecule has 3 aromatic rings. The van der Waals surface area contributed by atoms with Gasteiger partial charge in [-0.2, -0.15) is 5.10 Å². The molecule has 1 heterocycles. The number of anilines is 1. The highest BCUT2D eigenvalue weighted by atomic mass is 79.9. The van der Waals surface area contributed by atoms with Gasteiger partial charge in [-0.3, -0.25) is 9.48 Å². The van der Waals surface area contributed by atoms with Crippen LogP contribution in [0.5, 0.6) is 5.75 Å². The molecule has 3 rings (SSSR count). The number of amides is 1. The van der Waals surface area contributed by atoms with E-state index in [4.69, 9.17) is 16.3 Å². The van der Waals surface area contributed by atoms with Crippen molar-refractivity contribution < 1.29 is 17.9 Å². The van der Waals surface area contributed by atoms with Crippen molar-refractivity contribution in [2.45, 2.75) is 30.2 Å². The van der Waals surface area contributed by atoms with Gasteiger partial charge in [0.15, 0.2) is 0 Å². The molecule has 10 heteroatoms. The number of hydrogen-bond donors (Lipinski definition) is 1. The molecule has 0 aliphatic rings. The fourth-order valence-electron chi connectivity index (χ4n) is 2.83. The second-order valence-corrected chi connectivity index (χ2v) is 9.72. The SMILES string of the molecule is COc1cc(NC(=O)Cn2nc(C)c(Br)c2C)cc(S(=O)(=O)c2ccc(Cl)cc2)c1. The van der Waals surface area contributed by atoms with Crippen LogP contribution in [-0.4, -0.2) is 31.2 Å². The Labute approximate surface area is 188 Å². The Morgan fingerprint density at radius 3 is 2.40 bits per heavy atom. The van der Waals surface area contributed by atoms with E-state index in [1.807, 2.05) is 13.8 Å². The first-order valence-electron chi connectivity index (χ1n) is 8.81. The van der Waals surface area contributed by atoms with Crippen LogP contribution in [0.4, 0.5) is 5.69 Å². The lowest BCUT2D eigenvalue weighted by Gasteiger charge is -2.12. The smallest absolute Gasteiger partial charge is 0.246 e. The molecule has 0 saturated carbocycles. The van der Waals surface area contributed by atoms with Crippen molar-refractivity contribution in [3.63, 3.8) is 0 Å². The third-order valence-corrected chi connectivity index (χ3v) is 7.57. The van der Waals surface area contributed by atoms with Crippen LogP contribution >= 0.6 is 27.5 Å². The summed E-state index contributed by atoms with van der Waals surface area (Å²) in [4.78, 5) is 12.6. The molecule has 1 aromatic heterocycles. The number of ether oxygens (including phenoxy) is 1. The van der Waals surface area contributed by atoms with E-state index in [2.05, 4.69) is 26.3 Å². The molecular weight excluding hydrogens is 494 g/mol. The summed E-state index contributed by atoms with van der Waals surface area (Å²) in [6.07, 6.45) is 0. The Morgan fingerprint density at radius 2 is 1.83 bits per heavy atom. The van der Waals surface area contributed by atoms with Crippen LogP contribution in [0.25, 0.3) is 0 Å². The zero-order valence-corrected chi connectivity index (χ0v) is 19.6. The molecule has 1 amide bonds. The predicted molar refractivity (Wildman–Crippen MR) is 118 cm³/mol. The molecule has 0 saturated heterocycles. The lowest BCUT2D eigenvalue weighted by Crippen LogP contribution is -2.20. The highest BCUT2D eigenvalue weighted by Gasteiger charge is 2.20. The summed E-state index contributed by atoms with van der Waals surface area (Å²) in [6, 6.07) is 10.2. The lowest BCUT2D eigenvalue weighted by atomic mass is 10.3. The molecule has 0 atom stereocenters. The highest BCUT2D eigenvalue weighted by Crippen LogP contribution is 2.29. The molecule has 7 nitrogen and oxygen atoms in total. The average Bonchev–Trinajstić information content (AvgIpc) is 2.94. The van der Waals surface area contributed by atoms with Gasteiger partial charge in [-0.25, -0.2) is 8.42 Å². The van der Waals surface area contributed by atoms with Crippen molar-refractivity contribution in [2.24, 2.45) is 0 Å². The van der Waals surface area contributed by atoms with Crippen molar-refractivity contribution in [1.29, 1.82) is 0 Å². The van der Waals surface area contributed by atoms with Gasteiger partial charge in [0.2, 0.25) is 15.7 Å². The third-order valence-electron chi connectivity index (χ3n) is 4.42. The molecule has 0 radical (unpaired) electrons. The number of halogens is 2. The van der Waals surface area contributed by atoms with E-state index >= 15 is 0 Å². The van der Waals surface area contributed by atoms with Gasteiger partial charge in [-0.1, -0.05) is 11.6 Å². The monoisotopic (exact) mass is 511 g/mol. The Kier molecular flexibility index (Phi) is 6.54. The first-order chi connectivity index (χ1) is 14.1. The van der Waals surface area contributed by atoms with Gasteiger partial charge in [-0.05, 0) is 66.2 Å². The minimum atomic E-state index is -3.83. The number of methoxy groups -OCH3 is 1. The van der Waals surface area contributed by atoms with Crippen LogP contribution in [0.15, 0.2) is 56.7 Å². The average molecular weight is 513 g/mol. The maximum Gasteiger partial charge on any atom is 0.246 e. The number of nitrogens with zero attached hydrogens (tertiary/aromatic N) is 2. The maximum absolute atomic E-state index is 13.0. The summed E-state index contributed by atoms with van der Waals surface area (Å²) in [5, 5.41) is 7.45. The minimum Gasteiger partial charge on any atom is -0.497 e. The van der Waals surface area contributed by atoms with Crippen molar-refractivity contribution in [3.8, 4) is 5.75 Å². The second-order valence-electron chi connectivity index (χ2n) is 6.55. The van der Waals surface area contributed by atoms with Crippen molar-refractivity contribution in [2.75, 3.05) is 12.4 Å². The van der Waals surface area contributed by atoms with Crippen LogP contribution in [0.2, 0.25) is 5.02 Å². The topological polar surface area (TPSA) is 90.3 Å². The number of carbonyl (C=O) groups excluding carboxylic acids is 1. The van der Waals surface area contributed by atoms with E-state index in [1.54, 1.807) is 10.7 Å². The van der Waals surface area contributed by atoms with Gasteiger partial charge in [0.1, 0.15) is 12.3 Å². The molecule has 2 aromatic carbocycles. The summed E-state index contributed by atoms with van der Waals surface area (Å²) < 4.78 is 33.6. The molecule has 0 aliphatic carbocycles. The number of sulfone groups is 1. The van der Waals surface area contributed by atoms with Crippen molar-refractivity contribution in [3.05, 3.63) is 63.3 Å². The van der Waals surface area contributed by atoms with Gasteiger partial charge in [0.25, 0.3) is 0 Å². The number of hydrogen-bond acceptors (Lipinski definition) is 5. The molecule has 0 bridgehead atoms. The second kappa shape index (κ2) is 8.79. The number of benzene rings is 2. The van der Waals surface area contributed by atoms with E-state index in [0.717, 1.165) is 15.9 Å². The third kappa shape index (κ3) is 4.69. The van der Waals surface area contributed by atoms with Gasteiger partial charge in [0.05, 0.1) is 32.8 Å². The largest absolute Gasteiger partial charge is 0.497 e. The lowest BCUT2D eigenvalue weighted by molar-refractivity contribution is -0.116. The number of rotatable bonds is 6. The predicted octanol–water partition coefficient (Wildman–Crippen LogP) is 4.40. The molecule has 0 aliphatic heterocycles. The van der Waals surface area contributed by atoms with E-state index in [9.17, 15) is 13.2 Å². The first-order valence-corrected chi connectivity index (χ1v) is 11.5. The zero-order chi connectivity index (χ0) is 22.1. The van der Waals surface area contributed by atoms with Crippen molar-refractivity contribution >= 4 is 49.0 Å². The first kappa shape index (κ1) is 22.3. The number of aryl methyl sites for hydroxylation is 1. The summed E-state index contributed by atoms with van der Waals surface area (Å²) in [6.45, 7) is 3.66. The van der Waals surface area contributed by atoms with Crippen molar-refractivity contribution in [1.82, 2.24) is 9.78 Å². The van der Waals surface area contributed by atoms with Crippen LogP contribution in [0.1, 0.15) is 11.4 Å². The van der Waals surface area contributed by atoms with Crippen LogP contribution in [0.3, 0.4) is 0 Å². The molecule has 0 spiro atoms. The van der Waals surface area contributed by atoms with E-state index in [-0.39, 0.29) is 22.2 Å². The van der Waals surface area contributed by atoms with Crippen LogP contribution < -0.4 is 10.1 Å². The molecule has 30 heavy (non-hydrogen) atoms. The Morgan fingerprint density at radius 1 is 1.17 bits per heavy atom. The fourth-order valence-corrected chi connectivity index (χ4v) is 4.56. The number of nitrogens with one attached hydrogen (secondary N) is 1. The Bertz CT molecular complexity index is 1210. The molecule has 1 N–H and O–H groups in total.